The molecule has 2 aliphatic heterocycles. The lowest BCUT2D eigenvalue weighted by Crippen LogP contribution is -2.31. The summed E-state index contributed by atoms with van der Waals surface area (Å²) in [7, 11) is 0. The number of amides is 1. The van der Waals surface area contributed by atoms with E-state index in [-0.39, 0.29) is 11.9 Å². The van der Waals surface area contributed by atoms with Gasteiger partial charge >= 0.3 is 0 Å². The highest BCUT2D eigenvalue weighted by Gasteiger charge is 2.35. The van der Waals surface area contributed by atoms with Crippen molar-refractivity contribution in [2.75, 3.05) is 33.0 Å². The Bertz CT molecular complexity index is 1060. The van der Waals surface area contributed by atoms with Crippen molar-refractivity contribution in [3.8, 4) is 0 Å². The van der Waals surface area contributed by atoms with Crippen LogP contribution in [-0.2, 0) is 15.9 Å². The Hall–Kier alpha value is -2.84. The normalized spacial score (nSPS) is 19.6. The van der Waals surface area contributed by atoms with Gasteiger partial charge in [0.15, 0.2) is 5.82 Å². The van der Waals surface area contributed by atoms with Gasteiger partial charge in [0, 0.05) is 44.4 Å². The Balaban J connectivity index is 1.22. The zero-order chi connectivity index (χ0) is 21.8. The van der Waals surface area contributed by atoms with Crippen molar-refractivity contribution in [1.82, 2.24) is 20.0 Å². The van der Waals surface area contributed by atoms with Gasteiger partial charge in [-0.15, -0.1) is 0 Å². The van der Waals surface area contributed by atoms with Crippen LogP contribution in [0.25, 0.3) is 10.8 Å². The fraction of sp³-hybridized carbons (Fsp3) is 0.500. The molecule has 2 aromatic heterocycles. The van der Waals surface area contributed by atoms with E-state index in [0.717, 1.165) is 56.3 Å². The first kappa shape index (κ1) is 21.0. The molecular weight excluding hydrogens is 408 g/mol. The molecule has 2 fully saturated rings. The maximum absolute atomic E-state index is 13.4. The minimum Gasteiger partial charge on any atom is -0.381 e. The molecule has 2 saturated heterocycles. The quantitative estimate of drug-likeness (QED) is 0.523. The number of hydrogen-bond donors (Lipinski definition) is 0. The monoisotopic (exact) mass is 436 g/mol. The van der Waals surface area contributed by atoms with Crippen molar-refractivity contribution in [3.05, 3.63) is 53.9 Å². The number of carbonyl (C=O) groups excluding carboxylic acids is 1. The number of benzene rings is 1. The minimum absolute atomic E-state index is 0.0937. The van der Waals surface area contributed by atoms with E-state index in [9.17, 15) is 4.79 Å². The molecule has 3 aromatic rings. The molecule has 8 heteroatoms. The molecule has 1 aromatic carbocycles. The van der Waals surface area contributed by atoms with Crippen LogP contribution in [-0.4, -0.2) is 58.9 Å². The third kappa shape index (κ3) is 4.52. The van der Waals surface area contributed by atoms with Gasteiger partial charge in [0.1, 0.15) is 11.7 Å². The number of ether oxygens (including phenoxy) is 2. The number of pyridine rings is 1. The van der Waals surface area contributed by atoms with Crippen LogP contribution in [0.1, 0.15) is 53.9 Å². The van der Waals surface area contributed by atoms with Gasteiger partial charge in [-0.05, 0) is 43.1 Å². The number of hydrogen-bond acceptors (Lipinski definition) is 7. The average Bonchev–Trinajstić information content (AvgIpc) is 3.51. The second-order valence-electron chi connectivity index (χ2n) is 8.47. The Kier molecular flexibility index (Phi) is 6.41. The highest BCUT2D eigenvalue weighted by Crippen LogP contribution is 2.33. The lowest BCUT2D eigenvalue weighted by atomic mass is 10.0. The van der Waals surface area contributed by atoms with Crippen LogP contribution in [0.2, 0.25) is 0 Å². The Morgan fingerprint density at radius 3 is 2.94 bits per heavy atom. The molecule has 0 spiro atoms. The number of fused-ring (bicyclic) bond motifs is 1. The predicted molar refractivity (Wildman–Crippen MR) is 117 cm³/mol. The van der Waals surface area contributed by atoms with Gasteiger partial charge in [-0.3, -0.25) is 9.78 Å². The maximum Gasteiger partial charge on any atom is 0.273 e. The van der Waals surface area contributed by atoms with Crippen molar-refractivity contribution in [2.45, 2.75) is 38.1 Å². The molecule has 0 N–H and O–H groups in total. The van der Waals surface area contributed by atoms with Crippen molar-refractivity contribution in [2.24, 2.45) is 5.92 Å². The first-order valence-corrected chi connectivity index (χ1v) is 11.4. The SMILES string of the molecule is O=C(c1nccc2ccccc12)N1CCCC1c1nc(CCOCC2CCOCC2)no1. The molecule has 0 aliphatic carbocycles. The van der Waals surface area contributed by atoms with Gasteiger partial charge in [-0.25, -0.2) is 0 Å². The van der Waals surface area contributed by atoms with Crippen molar-refractivity contribution in [1.29, 1.82) is 0 Å². The molecular formula is C24H28N4O4. The predicted octanol–water partition coefficient (Wildman–Crippen LogP) is 3.58. The third-order valence-corrected chi connectivity index (χ3v) is 6.32. The van der Waals surface area contributed by atoms with Gasteiger partial charge < -0.3 is 18.9 Å². The number of carbonyl (C=O) groups is 1. The smallest absolute Gasteiger partial charge is 0.273 e. The van der Waals surface area contributed by atoms with Crippen LogP contribution in [0.4, 0.5) is 0 Å². The summed E-state index contributed by atoms with van der Waals surface area (Å²) in [5.74, 6) is 1.60. The topological polar surface area (TPSA) is 90.6 Å². The lowest BCUT2D eigenvalue weighted by Gasteiger charge is -2.22. The summed E-state index contributed by atoms with van der Waals surface area (Å²) in [6, 6.07) is 9.52. The summed E-state index contributed by atoms with van der Waals surface area (Å²) < 4.78 is 16.8. The molecule has 0 radical (unpaired) electrons. The highest BCUT2D eigenvalue weighted by atomic mass is 16.5. The van der Waals surface area contributed by atoms with Crippen molar-refractivity contribution in [3.63, 3.8) is 0 Å². The summed E-state index contributed by atoms with van der Waals surface area (Å²) in [6.45, 7) is 3.61. The number of nitrogens with zero attached hydrogens (tertiary/aromatic N) is 4. The second-order valence-corrected chi connectivity index (χ2v) is 8.47. The molecule has 5 rings (SSSR count). The molecule has 4 heterocycles. The van der Waals surface area contributed by atoms with E-state index in [2.05, 4.69) is 15.1 Å². The zero-order valence-corrected chi connectivity index (χ0v) is 18.1. The number of likely N-dealkylation sites (tertiary alicyclic amines) is 1. The van der Waals surface area contributed by atoms with E-state index in [4.69, 9.17) is 14.0 Å². The number of rotatable bonds is 7. The summed E-state index contributed by atoms with van der Waals surface area (Å²) >= 11 is 0. The van der Waals surface area contributed by atoms with E-state index >= 15 is 0 Å². The summed E-state index contributed by atoms with van der Waals surface area (Å²) in [5, 5.41) is 5.98. The molecule has 2 aliphatic rings. The molecule has 168 valence electrons. The third-order valence-electron chi connectivity index (χ3n) is 6.32. The van der Waals surface area contributed by atoms with E-state index in [1.54, 1.807) is 6.20 Å². The van der Waals surface area contributed by atoms with Gasteiger partial charge in [0.2, 0.25) is 5.89 Å². The first-order valence-electron chi connectivity index (χ1n) is 11.4. The first-order chi connectivity index (χ1) is 15.8. The highest BCUT2D eigenvalue weighted by molar-refractivity contribution is 6.05. The van der Waals surface area contributed by atoms with Gasteiger partial charge in [0.25, 0.3) is 5.91 Å². The zero-order valence-electron chi connectivity index (χ0n) is 18.1. The van der Waals surface area contributed by atoms with E-state index in [1.807, 2.05) is 35.2 Å². The lowest BCUT2D eigenvalue weighted by molar-refractivity contribution is 0.0211. The Labute approximate surface area is 186 Å². The van der Waals surface area contributed by atoms with Gasteiger partial charge in [-0.1, -0.05) is 29.4 Å². The van der Waals surface area contributed by atoms with Crippen LogP contribution < -0.4 is 0 Å². The summed E-state index contributed by atoms with van der Waals surface area (Å²) in [5.41, 5.74) is 0.469. The largest absolute Gasteiger partial charge is 0.381 e. The van der Waals surface area contributed by atoms with Crippen LogP contribution in [0, 0.1) is 5.92 Å². The molecule has 8 nitrogen and oxygen atoms in total. The molecule has 32 heavy (non-hydrogen) atoms. The van der Waals surface area contributed by atoms with Crippen molar-refractivity contribution >= 4 is 16.7 Å². The number of aromatic nitrogens is 3. The summed E-state index contributed by atoms with van der Waals surface area (Å²) in [4.78, 5) is 24.1. The minimum atomic E-state index is -0.215. The molecule has 1 unspecified atom stereocenters. The Morgan fingerprint density at radius 2 is 2.03 bits per heavy atom. The second kappa shape index (κ2) is 9.75. The molecule has 0 saturated carbocycles. The Morgan fingerprint density at radius 1 is 1.16 bits per heavy atom. The average molecular weight is 437 g/mol. The van der Waals surface area contributed by atoms with Gasteiger partial charge in [0.05, 0.1) is 6.61 Å². The standard InChI is InChI=1S/C24H28N4O4/c29-24(22-19-5-2-1-4-18(19)7-11-25-22)28-12-3-6-20(28)23-26-21(27-32-23)10-15-31-16-17-8-13-30-14-9-17/h1-2,4-5,7,11,17,20H,3,6,8-10,12-16H2. The van der Waals surface area contributed by atoms with Crippen LogP contribution in [0.5, 0.6) is 0 Å². The van der Waals surface area contributed by atoms with Crippen LogP contribution in [0.3, 0.4) is 0 Å². The van der Waals surface area contributed by atoms with E-state index in [1.165, 1.54) is 0 Å². The van der Waals surface area contributed by atoms with Crippen LogP contribution >= 0.6 is 0 Å². The van der Waals surface area contributed by atoms with E-state index < -0.39 is 0 Å². The van der Waals surface area contributed by atoms with E-state index in [0.29, 0.717) is 42.9 Å². The molecule has 0 bridgehead atoms. The molecule has 1 amide bonds. The fourth-order valence-corrected chi connectivity index (χ4v) is 4.52. The fourth-order valence-electron chi connectivity index (χ4n) is 4.52. The van der Waals surface area contributed by atoms with Crippen LogP contribution in [0.15, 0.2) is 41.1 Å². The van der Waals surface area contributed by atoms with Gasteiger partial charge in [-0.2, -0.15) is 4.98 Å². The molecule has 1 atom stereocenters. The maximum atomic E-state index is 13.4. The van der Waals surface area contributed by atoms with Crippen molar-refractivity contribution < 1.29 is 18.8 Å². The summed E-state index contributed by atoms with van der Waals surface area (Å²) in [6.07, 6.45) is 6.10.